The van der Waals surface area contributed by atoms with Crippen molar-refractivity contribution in [3.05, 3.63) is 24.2 Å². The largest absolute Gasteiger partial charge is 0.365 e. The van der Waals surface area contributed by atoms with Gasteiger partial charge in [0.1, 0.15) is 5.82 Å². The van der Waals surface area contributed by atoms with E-state index in [0.29, 0.717) is 12.4 Å². The third-order valence-electron chi connectivity index (χ3n) is 6.15. The number of aromatic nitrogens is 4. The number of hydrogen-bond donors (Lipinski definition) is 2. The highest BCUT2D eigenvalue weighted by molar-refractivity contribution is 5.76. The molecule has 2 fully saturated rings. The summed E-state index contributed by atoms with van der Waals surface area (Å²) in [6.07, 6.45) is 10.8. The van der Waals surface area contributed by atoms with Crippen molar-refractivity contribution in [3.63, 3.8) is 0 Å². The van der Waals surface area contributed by atoms with Crippen LogP contribution < -0.4 is 10.6 Å². The molecule has 0 bridgehead atoms. The second-order valence-corrected chi connectivity index (χ2v) is 8.15. The van der Waals surface area contributed by atoms with Crippen LogP contribution in [-0.2, 0) is 11.8 Å². The van der Waals surface area contributed by atoms with Gasteiger partial charge in [-0.25, -0.2) is 4.98 Å². The predicted molar refractivity (Wildman–Crippen MR) is 108 cm³/mol. The van der Waals surface area contributed by atoms with Gasteiger partial charge in [0.25, 0.3) is 0 Å². The molecule has 1 aliphatic carbocycles. The highest BCUT2D eigenvalue weighted by atomic mass is 16.2. The number of anilines is 3. The lowest BCUT2D eigenvalue weighted by molar-refractivity contribution is -0.130. The summed E-state index contributed by atoms with van der Waals surface area (Å²) in [5.41, 5.74) is 2.02. The number of aryl methyl sites for hydroxylation is 2. The number of amides is 1. The zero-order valence-corrected chi connectivity index (χ0v) is 16.9. The minimum atomic E-state index is 0.166. The smallest absolute Gasteiger partial charge is 0.229 e. The number of carbonyl (C=O) groups is 1. The Kier molecular flexibility index (Phi) is 4.95. The Morgan fingerprint density at radius 1 is 1.32 bits per heavy atom. The first-order valence-corrected chi connectivity index (χ1v) is 10.1. The monoisotopic (exact) mass is 383 g/mol. The van der Waals surface area contributed by atoms with Crippen LogP contribution in [0, 0.1) is 12.3 Å². The lowest BCUT2D eigenvalue weighted by atomic mass is 9.81. The Morgan fingerprint density at radius 3 is 2.79 bits per heavy atom. The van der Waals surface area contributed by atoms with Crippen LogP contribution in [0.4, 0.5) is 17.5 Å². The standard InChI is InChI=1S/C20H29N7O/c1-4-17(28)27-12-16(20(13-27)7-5-6-8-20)24-18-14(2)9-21-19(25-18)23-15-10-22-26(3)11-15/h9-11,16H,4-8,12-13H2,1-3H3,(H2,21,23,24,25). The van der Waals surface area contributed by atoms with Crippen LogP contribution in [0.25, 0.3) is 0 Å². The summed E-state index contributed by atoms with van der Waals surface area (Å²) in [7, 11) is 1.87. The van der Waals surface area contributed by atoms with Crippen LogP contribution in [0.1, 0.15) is 44.6 Å². The first-order valence-electron chi connectivity index (χ1n) is 10.1. The van der Waals surface area contributed by atoms with Gasteiger partial charge < -0.3 is 15.5 Å². The maximum Gasteiger partial charge on any atom is 0.229 e. The molecule has 2 aromatic heterocycles. The molecule has 8 nitrogen and oxygen atoms in total. The summed E-state index contributed by atoms with van der Waals surface area (Å²) in [6, 6.07) is 0.227. The molecule has 150 valence electrons. The van der Waals surface area contributed by atoms with E-state index in [0.717, 1.165) is 30.2 Å². The molecule has 1 unspecified atom stereocenters. The van der Waals surface area contributed by atoms with Crippen molar-refractivity contribution in [3.8, 4) is 0 Å². The fourth-order valence-corrected chi connectivity index (χ4v) is 4.60. The predicted octanol–water partition coefficient (Wildman–Crippen LogP) is 2.86. The Hall–Kier alpha value is -2.64. The van der Waals surface area contributed by atoms with Crippen LogP contribution in [0.15, 0.2) is 18.6 Å². The molecule has 1 spiro atoms. The van der Waals surface area contributed by atoms with Crippen molar-refractivity contribution in [1.82, 2.24) is 24.6 Å². The van der Waals surface area contributed by atoms with Crippen molar-refractivity contribution in [2.45, 2.75) is 52.0 Å². The quantitative estimate of drug-likeness (QED) is 0.825. The van der Waals surface area contributed by atoms with Gasteiger partial charge in [0.05, 0.1) is 17.9 Å². The van der Waals surface area contributed by atoms with Crippen LogP contribution in [0.3, 0.4) is 0 Å². The Morgan fingerprint density at radius 2 is 2.11 bits per heavy atom. The van der Waals surface area contributed by atoms with Crippen molar-refractivity contribution in [2.75, 3.05) is 23.7 Å². The van der Waals surface area contributed by atoms with E-state index in [2.05, 4.69) is 20.7 Å². The molecule has 1 atom stereocenters. The second-order valence-electron chi connectivity index (χ2n) is 8.15. The summed E-state index contributed by atoms with van der Waals surface area (Å²) < 4.78 is 1.73. The van der Waals surface area contributed by atoms with E-state index in [9.17, 15) is 4.79 Å². The molecule has 1 saturated carbocycles. The Labute approximate surface area is 165 Å². The van der Waals surface area contributed by atoms with Gasteiger partial charge in [0, 0.05) is 49.9 Å². The number of hydrogen-bond acceptors (Lipinski definition) is 6. The molecular weight excluding hydrogens is 354 g/mol. The number of rotatable bonds is 5. The minimum absolute atomic E-state index is 0.166. The van der Waals surface area contributed by atoms with E-state index < -0.39 is 0 Å². The van der Waals surface area contributed by atoms with E-state index in [4.69, 9.17) is 4.98 Å². The minimum Gasteiger partial charge on any atom is -0.365 e. The fourth-order valence-electron chi connectivity index (χ4n) is 4.60. The maximum absolute atomic E-state index is 12.3. The summed E-state index contributed by atoms with van der Waals surface area (Å²) in [6.45, 7) is 5.57. The van der Waals surface area contributed by atoms with E-state index in [1.54, 1.807) is 10.9 Å². The zero-order valence-electron chi connectivity index (χ0n) is 16.9. The van der Waals surface area contributed by atoms with Crippen LogP contribution in [-0.4, -0.2) is 49.7 Å². The van der Waals surface area contributed by atoms with Crippen molar-refractivity contribution in [2.24, 2.45) is 12.5 Å². The van der Waals surface area contributed by atoms with Gasteiger partial charge in [0.15, 0.2) is 0 Å². The Bertz CT molecular complexity index is 856. The summed E-state index contributed by atoms with van der Waals surface area (Å²) in [4.78, 5) is 23.5. The van der Waals surface area contributed by atoms with E-state index in [1.807, 2.05) is 38.2 Å². The summed E-state index contributed by atoms with van der Waals surface area (Å²) in [5, 5.41) is 11.0. The molecule has 2 aromatic rings. The zero-order chi connectivity index (χ0) is 19.7. The number of nitrogens with one attached hydrogen (secondary N) is 2. The van der Waals surface area contributed by atoms with Crippen molar-refractivity contribution in [1.29, 1.82) is 0 Å². The van der Waals surface area contributed by atoms with Crippen molar-refractivity contribution < 1.29 is 4.79 Å². The lowest BCUT2D eigenvalue weighted by Crippen LogP contribution is -2.37. The molecule has 3 heterocycles. The van der Waals surface area contributed by atoms with Gasteiger partial charge in [-0.05, 0) is 19.8 Å². The molecule has 1 amide bonds. The van der Waals surface area contributed by atoms with Crippen molar-refractivity contribution >= 4 is 23.4 Å². The molecule has 8 heteroatoms. The molecule has 1 aliphatic heterocycles. The first kappa shape index (κ1) is 18.7. The average molecular weight is 384 g/mol. The summed E-state index contributed by atoms with van der Waals surface area (Å²) in [5.74, 6) is 1.62. The highest BCUT2D eigenvalue weighted by Crippen LogP contribution is 2.46. The van der Waals surface area contributed by atoms with Gasteiger partial charge in [-0.1, -0.05) is 19.8 Å². The van der Waals surface area contributed by atoms with E-state index in [-0.39, 0.29) is 17.4 Å². The normalized spacial score (nSPS) is 20.7. The lowest BCUT2D eigenvalue weighted by Gasteiger charge is -2.31. The van der Waals surface area contributed by atoms with Crippen LogP contribution in [0.5, 0.6) is 0 Å². The molecule has 28 heavy (non-hydrogen) atoms. The molecule has 4 rings (SSSR count). The summed E-state index contributed by atoms with van der Waals surface area (Å²) >= 11 is 0. The van der Waals surface area contributed by atoms with Gasteiger partial charge in [-0.2, -0.15) is 10.1 Å². The molecule has 1 saturated heterocycles. The molecule has 2 N–H and O–H groups in total. The highest BCUT2D eigenvalue weighted by Gasteiger charge is 2.49. The molecule has 2 aliphatic rings. The van der Waals surface area contributed by atoms with Gasteiger partial charge in [-0.15, -0.1) is 0 Å². The fraction of sp³-hybridized carbons (Fsp3) is 0.600. The molecular formula is C20H29N7O. The average Bonchev–Trinajstić information content (AvgIpc) is 3.40. The SMILES string of the molecule is CCC(=O)N1CC(Nc2nc(Nc3cnn(C)c3)ncc2C)C2(CCCC2)C1. The Balaban J connectivity index is 1.55. The third-order valence-corrected chi connectivity index (χ3v) is 6.15. The van der Waals surface area contributed by atoms with Crippen LogP contribution in [0.2, 0.25) is 0 Å². The second kappa shape index (κ2) is 7.41. The number of nitrogens with zero attached hydrogens (tertiary/aromatic N) is 5. The van der Waals surface area contributed by atoms with Crippen LogP contribution >= 0.6 is 0 Å². The number of carbonyl (C=O) groups excluding carboxylic acids is 1. The topological polar surface area (TPSA) is 88.0 Å². The van der Waals surface area contributed by atoms with Gasteiger partial charge >= 0.3 is 0 Å². The number of likely N-dealkylation sites (tertiary alicyclic amines) is 1. The van der Waals surface area contributed by atoms with E-state index >= 15 is 0 Å². The van der Waals surface area contributed by atoms with Gasteiger partial charge in [0.2, 0.25) is 11.9 Å². The maximum atomic E-state index is 12.3. The third kappa shape index (κ3) is 3.55. The van der Waals surface area contributed by atoms with E-state index in [1.165, 1.54) is 25.7 Å². The molecule has 0 radical (unpaired) electrons. The van der Waals surface area contributed by atoms with Gasteiger partial charge in [-0.3, -0.25) is 9.48 Å². The molecule has 0 aromatic carbocycles. The first-order chi connectivity index (χ1) is 13.5.